The highest BCUT2D eigenvalue weighted by atomic mass is 32.2. The fourth-order valence-electron chi connectivity index (χ4n) is 3.90. The molecule has 7 heteroatoms. The average Bonchev–Trinajstić information content (AvgIpc) is 3.08. The molecule has 6 nitrogen and oxygen atoms in total. The van der Waals surface area contributed by atoms with Crippen LogP contribution in [-0.2, 0) is 0 Å². The van der Waals surface area contributed by atoms with Crippen molar-refractivity contribution in [3.05, 3.63) is 52.7 Å². The van der Waals surface area contributed by atoms with Crippen LogP contribution in [0.4, 0.5) is 4.79 Å². The lowest BCUT2D eigenvalue weighted by atomic mass is 9.96. The van der Waals surface area contributed by atoms with Crippen LogP contribution in [0.15, 0.2) is 41.6 Å². The maximum atomic E-state index is 13.1. The van der Waals surface area contributed by atoms with Gasteiger partial charge in [-0.15, -0.1) is 0 Å². The van der Waals surface area contributed by atoms with E-state index in [1.807, 2.05) is 32.2 Å². The number of carbonyl (C=O) groups is 1. The molecule has 0 radical (unpaired) electrons. The lowest BCUT2D eigenvalue weighted by Gasteiger charge is -2.30. The molecule has 1 aromatic heterocycles. The van der Waals surface area contributed by atoms with Crippen LogP contribution in [0.1, 0.15) is 31.4 Å². The zero-order chi connectivity index (χ0) is 21.3. The van der Waals surface area contributed by atoms with Gasteiger partial charge < -0.3 is 14.7 Å². The normalized spacial score (nSPS) is 15.6. The number of aliphatic hydroxyl groups is 1. The molecule has 158 valence electrons. The number of benzene rings is 1. The summed E-state index contributed by atoms with van der Waals surface area (Å²) in [5.41, 5.74) is 5.55. The average molecular weight is 426 g/mol. The van der Waals surface area contributed by atoms with E-state index in [-0.39, 0.29) is 18.7 Å². The van der Waals surface area contributed by atoms with Crippen molar-refractivity contribution in [1.29, 1.82) is 0 Å². The molecule has 2 aliphatic rings. The molecule has 0 unspecified atom stereocenters. The van der Waals surface area contributed by atoms with Crippen molar-refractivity contribution in [1.82, 2.24) is 14.2 Å². The van der Waals surface area contributed by atoms with Crippen LogP contribution < -0.4 is 4.74 Å². The molecule has 2 aliphatic heterocycles. The molecular formula is C23H27N3O3S. The van der Waals surface area contributed by atoms with Crippen LogP contribution in [0, 0.1) is 6.92 Å². The molecule has 0 atom stereocenters. The Kier molecular flexibility index (Phi) is 6.01. The van der Waals surface area contributed by atoms with E-state index >= 15 is 0 Å². The van der Waals surface area contributed by atoms with Gasteiger partial charge in [-0.3, -0.25) is 9.29 Å². The molecular weight excluding hydrogens is 398 g/mol. The van der Waals surface area contributed by atoms with E-state index in [1.165, 1.54) is 22.4 Å². The molecule has 3 heterocycles. The lowest BCUT2D eigenvalue weighted by Crippen LogP contribution is -2.44. The predicted molar refractivity (Wildman–Crippen MR) is 120 cm³/mol. The standard InChI is InChI=1S/C23H27N3O3S/c1-15(2)25(9-10-27)23(28)26-14-20-18-12-17(19-13-24-8-6-16(19)3)4-5-21(18)29-11-7-22(20)30-26/h4-6,8,12-13,15,27H,7,9-11,14H2,1-3H3. The van der Waals surface area contributed by atoms with Crippen molar-refractivity contribution < 1.29 is 14.6 Å². The largest absolute Gasteiger partial charge is 0.493 e. The summed E-state index contributed by atoms with van der Waals surface area (Å²) in [5, 5.41) is 9.36. The third-order valence-corrected chi connectivity index (χ3v) is 6.70. The van der Waals surface area contributed by atoms with Crippen molar-refractivity contribution in [2.24, 2.45) is 0 Å². The molecule has 0 spiro atoms. The summed E-state index contributed by atoms with van der Waals surface area (Å²) in [7, 11) is 0. The van der Waals surface area contributed by atoms with E-state index < -0.39 is 0 Å². The maximum Gasteiger partial charge on any atom is 0.330 e. The Labute approximate surface area is 181 Å². The van der Waals surface area contributed by atoms with Crippen LogP contribution in [0.5, 0.6) is 5.75 Å². The van der Waals surface area contributed by atoms with E-state index in [9.17, 15) is 9.90 Å². The molecule has 0 fully saturated rings. The first kappa shape index (κ1) is 20.8. The van der Waals surface area contributed by atoms with Crippen LogP contribution in [-0.4, -0.2) is 57.7 Å². The third-order valence-electron chi connectivity index (χ3n) is 5.52. The van der Waals surface area contributed by atoms with E-state index in [0.29, 0.717) is 19.7 Å². The predicted octanol–water partition coefficient (Wildman–Crippen LogP) is 4.34. The second-order valence-corrected chi connectivity index (χ2v) is 8.94. The number of carbonyl (C=O) groups excluding carboxylic acids is 1. The quantitative estimate of drug-likeness (QED) is 0.739. The number of rotatable bonds is 4. The molecule has 0 bridgehead atoms. The van der Waals surface area contributed by atoms with Gasteiger partial charge in [0.15, 0.2) is 0 Å². The number of aryl methyl sites for hydroxylation is 1. The SMILES string of the molecule is Cc1ccncc1-c1ccc2c(c1)C1=C(CCO2)SN(C(=O)N(CCO)C(C)C)C1. The number of urea groups is 1. The van der Waals surface area contributed by atoms with Gasteiger partial charge >= 0.3 is 6.03 Å². The zero-order valence-electron chi connectivity index (χ0n) is 17.6. The topological polar surface area (TPSA) is 65.9 Å². The van der Waals surface area contributed by atoms with Gasteiger partial charge in [0.25, 0.3) is 0 Å². The van der Waals surface area contributed by atoms with Crippen LogP contribution in [0.2, 0.25) is 0 Å². The van der Waals surface area contributed by atoms with Crippen molar-refractivity contribution in [3.63, 3.8) is 0 Å². The second-order valence-electron chi connectivity index (χ2n) is 7.82. The highest BCUT2D eigenvalue weighted by Crippen LogP contribution is 2.46. The molecule has 30 heavy (non-hydrogen) atoms. The van der Waals surface area contributed by atoms with Gasteiger partial charge in [0, 0.05) is 47.4 Å². The minimum Gasteiger partial charge on any atom is -0.493 e. The van der Waals surface area contributed by atoms with Crippen molar-refractivity contribution in [3.8, 4) is 16.9 Å². The first-order chi connectivity index (χ1) is 14.5. The van der Waals surface area contributed by atoms with E-state index in [0.717, 1.165) is 34.4 Å². The third kappa shape index (κ3) is 3.91. The number of fused-ring (bicyclic) bond motifs is 2. The van der Waals surface area contributed by atoms with Gasteiger partial charge in [0.2, 0.25) is 0 Å². The molecule has 1 N–H and O–H groups in total. The highest BCUT2D eigenvalue weighted by molar-refractivity contribution is 8.01. The summed E-state index contributed by atoms with van der Waals surface area (Å²) < 4.78 is 7.81. The molecule has 0 saturated heterocycles. The second kappa shape index (κ2) is 8.70. The van der Waals surface area contributed by atoms with Crippen LogP contribution >= 0.6 is 11.9 Å². The number of hydrogen-bond acceptors (Lipinski definition) is 5. The van der Waals surface area contributed by atoms with Crippen molar-refractivity contribution in [2.45, 2.75) is 33.2 Å². The summed E-state index contributed by atoms with van der Waals surface area (Å²) >= 11 is 1.50. The number of hydrogen-bond donors (Lipinski definition) is 1. The fraction of sp³-hybridized carbons (Fsp3) is 0.391. The van der Waals surface area contributed by atoms with Gasteiger partial charge in [-0.1, -0.05) is 6.07 Å². The van der Waals surface area contributed by atoms with Crippen molar-refractivity contribution >= 4 is 23.6 Å². The van der Waals surface area contributed by atoms with Gasteiger partial charge in [-0.05, 0) is 67.6 Å². The number of nitrogens with zero attached hydrogens (tertiary/aromatic N) is 3. The molecule has 2 amide bonds. The van der Waals surface area contributed by atoms with E-state index in [2.05, 4.69) is 24.0 Å². The molecule has 4 rings (SSSR count). The number of ether oxygens (including phenoxy) is 1. The van der Waals surface area contributed by atoms with Crippen LogP contribution in [0.25, 0.3) is 16.7 Å². The van der Waals surface area contributed by atoms with Gasteiger partial charge in [-0.25, -0.2) is 4.79 Å². The first-order valence-corrected chi connectivity index (χ1v) is 11.0. The summed E-state index contributed by atoms with van der Waals surface area (Å²) in [4.78, 5) is 20.3. The molecule has 1 aromatic carbocycles. The highest BCUT2D eigenvalue weighted by Gasteiger charge is 2.34. The summed E-state index contributed by atoms with van der Waals surface area (Å²) in [6, 6.07) is 8.23. The Hall–Kier alpha value is -2.51. The summed E-state index contributed by atoms with van der Waals surface area (Å²) in [5.74, 6) is 0.858. The number of pyridine rings is 1. The van der Waals surface area contributed by atoms with E-state index in [4.69, 9.17) is 4.74 Å². The molecule has 0 saturated carbocycles. The number of amides is 2. The molecule has 2 aromatic rings. The Bertz CT molecular complexity index is 989. The Morgan fingerprint density at radius 2 is 2.17 bits per heavy atom. The van der Waals surface area contributed by atoms with Gasteiger partial charge in [0.05, 0.1) is 19.8 Å². The first-order valence-electron chi connectivity index (χ1n) is 10.3. The smallest absolute Gasteiger partial charge is 0.330 e. The summed E-state index contributed by atoms with van der Waals surface area (Å²) in [6.07, 6.45) is 4.47. The Morgan fingerprint density at radius 3 is 2.90 bits per heavy atom. The maximum absolute atomic E-state index is 13.1. The molecule has 0 aliphatic carbocycles. The number of aliphatic hydroxyl groups excluding tert-OH is 1. The van der Waals surface area contributed by atoms with Gasteiger partial charge in [-0.2, -0.15) is 0 Å². The van der Waals surface area contributed by atoms with E-state index in [1.54, 1.807) is 15.4 Å². The fourth-order valence-corrected chi connectivity index (χ4v) is 5.00. The van der Waals surface area contributed by atoms with Crippen molar-refractivity contribution in [2.75, 3.05) is 26.3 Å². The lowest BCUT2D eigenvalue weighted by molar-refractivity contribution is 0.150. The Morgan fingerprint density at radius 1 is 1.33 bits per heavy atom. The number of aromatic nitrogens is 1. The Balaban J connectivity index is 1.66. The van der Waals surface area contributed by atoms with Crippen LogP contribution in [0.3, 0.4) is 0 Å². The minimum atomic E-state index is -0.0566. The van der Waals surface area contributed by atoms with Gasteiger partial charge in [0.1, 0.15) is 5.75 Å². The summed E-state index contributed by atoms with van der Waals surface area (Å²) in [6.45, 7) is 7.44. The minimum absolute atomic E-state index is 0.0291. The monoisotopic (exact) mass is 425 g/mol. The zero-order valence-corrected chi connectivity index (χ0v) is 18.4.